The zero-order valence-corrected chi connectivity index (χ0v) is 19.9. The number of ketones is 1. The number of furan rings is 1. The van der Waals surface area contributed by atoms with E-state index >= 15 is 0 Å². The second-order valence-corrected chi connectivity index (χ2v) is 8.28. The lowest BCUT2D eigenvalue weighted by molar-refractivity contribution is -0.118. The van der Waals surface area contributed by atoms with Crippen LogP contribution in [0, 0.1) is 13.8 Å². The van der Waals surface area contributed by atoms with Gasteiger partial charge >= 0.3 is 0 Å². The summed E-state index contributed by atoms with van der Waals surface area (Å²) in [5.74, 6) is 0.282. The molecule has 0 bridgehead atoms. The Kier molecular flexibility index (Phi) is 6.89. The Morgan fingerprint density at radius 2 is 1.71 bits per heavy atom. The smallest absolute Gasteiger partial charge is 0.262 e. The van der Waals surface area contributed by atoms with Crippen LogP contribution in [0.4, 0.5) is 5.69 Å². The molecule has 1 amide bonds. The summed E-state index contributed by atoms with van der Waals surface area (Å²) in [5.41, 5.74) is 3.17. The van der Waals surface area contributed by atoms with Crippen LogP contribution < -0.4 is 14.8 Å². The molecule has 4 rings (SSSR count). The van der Waals surface area contributed by atoms with Gasteiger partial charge in [0.2, 0.25) is 5.78 Å². The van der Waals surface area contributed by atoms with Crippen LogP contribution >= 0.6 is 11.6 Å². The van der Waals surface area contributed by atoms with E-state index in [0.29, 0.717) is 45.3 Å². The number of hydrogen-bond donors (Lipinski definition) is 1. The highest BCUT2D eigenvalue weighted by molar-refractivity contribution is 6.32. The molecular weight excluding hydrogens is 454 g/mol. The van der Waals surface area contributed by atoms with E-state index in [9.17, 15) is 9.59 Å². The Morgan fingerprint density at radius 3 is 2.41 bits per heavy atom. The van der Waals surface area contributed by atoms with Crippen LogP contribution in [0.3, 0.4) is 0 Å². The highest BCUT2D eigenvalue weighted by Crippen LogP contribution is 2.34. The van der Waals surface area contributed by atoms with Crippen molar-refractivity contribution in [3.8, 4) is 11.5 Å². The van der Waals surface area contributed by atoms with Crippen LogP contribution in [0.15, 0.2) is 65.1 Å². The molecule has 0 saturated carbocycles. The van der Waals surface area contributed by atoms with Gasteiger partial charge in [-0.3, -0.25) is 9.59 Å². The van der Waals surface area contributed by atoms with Crippen LogP contribution in [0.2, 0.25) is 5.02 Å². The summed E-state index contributed by atoms with van der Waals surface area (Å²) in [4.78, 5) is 26.1. The van der Waals surface area contributed by atoms with E-state index < -0.39 is 11.7 Å². The van der Waals surface area contributed by atoms with Crippen molar-refractivity contribution in [2.75, 3.05) is 18.5 Å². The van der Waals surface area contributed by atoms with E-state index in [2.05, 4.69) is 5.32 Å². The summed E-state index contributed by atoms with van der Waals surface area (Å²) in [5, 5.41) is 3.72. The lowest BCUT2D eigenvalue weighted by Gasteiger charge is -2.10. The highest BCUT2D eigenvalue weighted by atomic mass is 35.5. The van der Waals surface area contributed by atoms with E-state index in [1.54, 1.807) is 30.3 Å². The Balaban J connectivity index is 1.60. The molecule has 0 atom stereocenters. The molecule has 0 unspecified atom stereocenters. The molecule has 0 aliphatic heterocycles. The van der Waals surface area contributed by atoms with Crippen molar-refractivity contribution in [3.05, 3.63) is 88.1 Å². The predicted molar refractivity (Wildman–Crippen MR) is 132 cm³/mol. The number of halogens is 1. The van der Waals surface area contributed by atoms with Gasteiger partial charge < -0.3 is 19.2 Å². The summed E-state index contributed by atoms with van der Waals surface area (Å²) in [6.07, 6.45) is 0. The molecular formula is C27H24ClNO5. The summed E-state index contributed by atoms with van der Waals surface area (Å²) < 4.78 is 17.0. The molecule has 0 radical (unpaired) electrons. The summed E-state index contributed by atoms with van der Waals surface area (Å²) in [6, 6.07) is 17.6. The van der Waals surface area contributed by atoms with Gasteiger partial charge in [-0.25, -0.2) is 0 Å². The number of aryl methyl sites for hydroxylation is 2. The van der Waals surface area contributed by atoms with Crippen LogP contribution in [0.25, 0.3) is 11.0 Å². The third kappa shape index (κ3) is 5.07. The van der Waals surface area contributed by atoms with Crippen LogP contribution in [0.1, 0.15) is 34.2 Å². The van der Waals surface area contributed by atoms with Crippen molar-refractivity contribution in [2.45, 2.75) is 20.8 Å². The minimum absolute atomic E-state index is 0.0150. The average molecular weight is 478 g/mol. The molecule has 174 valence electrons. The van der Waals surface area contributed by atoms with Crippen LogP contribution in [-0.4, -0.2) is 24.9 Å². The van der Waals surface area contributed by atoms with Gasteiger partial charge in [-0.1, -0.05) is 29.8 Å². The lowest BCUT2D eigenvalue weighted by atomic mass is 10.1. The molecule has 1 heterocycles. The van der Waals surface area contributed by atoms with E-state index in [1.165, 1.54) is 6.07 Å². The standard InChI is InChI=1S/C27H24ClNO5/c1-4-32-23-10-9-18(14-21(23)28)26(31)27-25(20-7-5-6-8-22(20)34-27)29-24(30)15-33-19-12-16(2)11-17(3)13-19/h5-14H,4,15H2,1-3H3,(H,29,30). The number of fused-ring (bicyclic) bond motifs is 1. The fourth-order valence-corrected chi connectivity index (χ4v) is 3.95. The molecule has 4 aromatic rings. The van der Waals surface area contributed by atoms with Crippen molar-refractivity contribution in [1.29, 1.82) is 0 Å². The van der Waals surface area contributed by atoms with Gasteiger partial charge in [0.15, 0.2) is 12.4 Å². The number of nitrogens with one attached hydrogen (secondary N) is 1. The SMILES string of the molecule is CCOc1ccc(C(=O)c2oc3ccccc3c2NC(=O)COc2cc(C)cc(C)c2)cc1Cl. The monoisotopic (exact) mass is 477 g/mol. The molecule has 0 saturated heterocycles. The number of ether oxygens (including phenoxy) is 2. The predicted octanol–water partition coefficient (Wildman–Crippen LogP) is 6.35. The molecule has 0 aliphatic rings. The molecule has 1 aromatic heterocycles. The fourth-order valence-electron chi connectivity index (χ4n) is 3.72. The molecule has 1 N–H and O–H groups in total. The summed E-state index contributed by atoms with van der Waals surface area (Å²) in [6.45, 7) is 6.01. The highest BCUT2D eigenvalue weighted by Gasteiger charge is 2.24. The van der Waals surface area contributed by atoms with Crippen molar-refractivity contribution in [2.24, 2.45) is 0 Å². The average Bonchev–Trinajstić information content (AvgIpc) is 3.16. The quantitative estimate of drug-likeness (QED) is 0.299. The second-order valence-electron chi connectivity index (χ2n) is 7.87. The number of hydrogen-bond acceptors (Lipinski definition) is 5. The number of anilines is 1. The molecule has 0 spiro atoms. The largest absolute Gasteiger partial charge is 0.492 e. The summed E-state index contributed by atoms with van der Waals surface area (Å²) >= 11 is 6.27. The van der Waals surface area contributed by atoms with E-state index in [4.69, 9.17) is 25.5 Å². The molecule has 34 heavy (non-hydrogen) atoms. The second kappa shape index (κ2) is 10.0. The molecule has 0 fully saturated rings. The number of para-hydroxylation sites is 1. The number of rotatable bonds is 8. The third-order valence-electron chi connectivity index (χ3n) is 5.13. The minimum atomic E-state index is -0.413. The minimum Gasteiger partial charge on any atom is -0.492 e. The van der Waals surface area contributed by atoms with Gasteiger partial charge in [0.05, 0.1) is 17.3 Å². The third-order valence-corrected chi connectivity index (χ3v) is 5.42. The van der Waals surface area contributed by atoms with Gasteiger partial charge in [-0.15, -0.1) is 0 Å². The van der Waals surface area contributed by atoms with E-state index in [0.717, 1.165) is 11.1 Å². The van der Waals surface area contributed by atoms with Gasteiger partial charge in [-0.2, -0.15) is 0 Å². The van der Waals surface area contributed by atoms with Gasteiger partial charge in [0, 0.05) is 10.9 Å². The van der Waals surface area contributed by atoms with E-state index in [-0.39, 0.29) is 12.4 Å². The van der Waals surface area contributed by atoms with Gasteiger partial charge in [0.25, 0.3) is 5.91 Å². The van der Waals surface area contributed by atoms with Crippen LogP contribution in [-0.2, 0) is 4.79 Å². The van der Waals surface area contributed by atoms with Crippen molar-refractivity contribution in [3.63, 3.8) is 0 Å². The summed E-state index contributed by atoms with van der Waals surface area (Å²) in [7, 11) is 0. The Morgan fingerprint density at radius 1 is 0.971 bits per heavy atom. The zero-order chi connectivity index (χ0) is 24.2. The van der Waals surface area contributed by atoms with Crippen molar-refractivity contribution in [1.82, 2.24) is 0 Å². The molecule has 3 aromatic carbocycles. The molecule has 7 heteroatoms. The first kappa shape index (κ1) is 23.4. The number of benzene rings is 3. The van der Waals surface area contributed by atoms with Gasteiger partial charge in [-0.05, 0) is 74.4 Å². The van der Waals surface area contributed by atoms with E-state index in [1.807, 2.05) is 45.0 Å². The fraction of sp³-hybridized carbons (Fsp3) is 0.185. The number of carbonyl (C=O) groups is 2. The first-order valence-electron chi connectivity index (χ1n) is 10.8. The maximum atomic E-state index is 13.3. The maximum Gasteiger partial charge on any atom is 0.262 e. The normalized spacial score (nSPS) is 10.8. The Bertz CT molecular complexity index is 1350. The van der Waals surface area contributed by atoms with Crippen molar-refractivity contribution < 1.29 is 23.5 Å². The van der Waals surface area contributed by atoms with Crippen molar-refractivity contribution >= 4 is 39.9 Å². The van der Waals surface area contributed by atoms with Gasteiger partial charge in [0.1, 0.15) is 17.1 Å². The lowest BCUT2D eigenvalue weighted by Crippen LogP contribution is -2.21. The van der Waals surface area contributed by atoms with Crippen LogP contribution in [0.5, 0.6) is 11.5 Å². The maximum absolute atomic E-state index is 13.3. The topological polar surface area (TPSA) is 77.8 Å². The number of amides is 1. The molecule has 0 aliphatic carbocycles. The Labute approximate surface area is 202 Å². The zero-order valence-electron chi connectivity index (χ0n) is 19.1. The number of carbonyl (C=O) groups excluding carboxylic acids is 2. The molecule has 6 nitrogen and oxygen atoms in total. The first-order chi connectivity index (χ1) is 16.4. The Hall–Kier alpha value is -3.77. The first-order valence-corrected chi connectivity index (χ1v) is 11.2.